The van der Waals surface area contributed by atoms with Crippen LogP contribution in [0.5, 0.6) is 0 Å². The summed E-state index contributed by atoms with van der Waals surface area (Å²) in [6.45, 7) is 12.0. The third-order valence-electron chi connectivity index (χ3n) is 5.69. The molecule has 0 aromatic carbocycles. The predicted molar refractivity (Wildman–Crippen MR) is 140 cm³/mol. The fourth-order valence-corrected chi connectivity index (χ4v) is 4.04. The fourth-order valence-electron chi connectivity index (χ4n) is 4.04. The van der Waals surface area contributed by atoms with Gasteiger partial charge in [-0.25, -0.2) is 14.2 Å². The summed E-state index contributed by atoms with van der Waals surface area (Å²) in [5.74, 6) is 1.35. The van der Waals surface area contributed by atoms with E-state index in [-0.39, 0.29) is 41.9 Å². The second kappa shape index (κ2) is 12.6. The zero-order chi connectivity index (χ0) is 23.1. The number of hydrogen-bond acceptors (Lipinski definition) is 5. The van der Waals surface area contributed by atoms with E-state index < -0.39 is 5.60 Å². The Morgan fingerprint density at radius 3 is 2.64 bits per heavy atom. The lowest BCUT2D eigenvalue weighted by molar-refractivity contribution is 0.0187. The molecule has 186 valence electrons. The lowest BCUT2D eigenvalue weighted by atomic mass is 9.97. The Hall–Kier alpha value is -1.85. The van der Waals surface area contributed by atoms with E-state index in [4.69, 9.17) is 9.73 Å². The highest BCUT2D eigenvalue weighted by Crippen LogP contribution is 2.22. The van der Waals surface area contributed by atoms with Crippen molar-refractivity contribution in [2.75, 3.05) is 44.2 Å². The third kappa shape index (κ3) is 8.46. The van der Waals surface area contributed by atoms with Crippen LogP contribution in [0, 0.1) is 11.7 Å². The number of piperidine rings is 1. The normalized spacial score (nSPS) is 19.8. The highest BCUT2D eigenvalue weighted by Gasteiger charge is 2.28. The smallest absolute Gasteiger partial charge is 0.410 e. The minimum atomic E-state index is -0.469. The summed E-state index contributed by atoms with van der Waals surface area (Å²) < 4.78 is 19.5. The largest absolute Gasteiger partial charge is 0.444 e. The number of carbonyl (C=O) groups is 1. The summed E-state index contributed by atoms with van der Waals surface area (Å²) in [5, 5.41) is 6.80. The van der Waals surface area contributed by atoms with Crippen LogP contribution >= 0.6 is 24.0 Å². The Morgan fingerprint density at radius 1 is 1.27 bits per heavy atom. The Morgan fingerprint density at radius 2 is 2.00 bits per heavy atom. The van der Waals surface area contributed by atoms with Crippen molar-refractivity contribution in [2.24, 2.45) is 10.9 Å². The second-order valence-electron chi connectivity index (χ2n) is 9.52. The summed E-state index contributed by atoms with van der Waals surface area (Å²) in [6, 6.07) is 3.24. The first-order valence-corrected chi connectivity index (χ1v) is 11.6. The molecule has 0 spiro atoms. The Kier molecular flexibility index (Phi) is 10.4. The molecule has 2 saturated heterocycles. The SMILES string of the molecule is CCNC(=NCC1CCN(C(=O)OC(C)(C)C)CC1)NC1CCN(c2ncccc2F)C1.I. The summed E-state index contributed by atoms with van der Waals surface area (Å²) in [5.41, 5.74) is -0.469. The van der Waals surface area contributed by atoms with E-state index in [1.165, 1.54) is 6.07 Å². The molecule has 1 unspecified atom stereocenters. The molecule has 1 amide bonds. The van der Waals surface area contributed by atoms with Crippen LogP contribution in [0.1, 0.15) is 47.0 Å². The molecule has 0 bridgehead atoms. The number of carbonyl (C=O) groups excluding carboxylic acids is 1. The van der Waals surface area contributed by atoms with Crippen molar-refractivity contribution in [1.82, 2.24) is 20.5 Å². The molecule has 1 aromatic rings. The van der Waals surface area contributed by atoms with E-state index in [0.717, 1.165) is 38.3 Å². The van der Waals surface area contributed by atoms with Crippen molar-refractivity contribution in [3.8, 4) is 0 Å². The van der Waals surface area contributed by atoms with Crippen molar-refractivity contribution < 1.29 is 13.9 Å². The number of amides is 1. The molecule has 2 aliphatic heterocycles. The van der Waals surface area contributed by atoms with Crippen LogP contribution in [0.2, 0.25) is 0 Å². The molecule has 2 aliphatic rings. The number of pyridine rings is 1. The van der Waals surface area contributed by atoms with Gasteiger partial charge in [-0.05, 0) is 65.0 Å². The molecule has 1 atom stereocenters. The molecule has 0 saturated carbocycles. The van der Waals surface area contributed by atoms with Gasteiger partial charge in [0.2, 0.25) is 0 Å². The summed E-state index contributed by atoms with van der Waals surface area (Å²) >= 11 is 0. The van der Waals surface area contributed by atoms with Crippen LogP contribution in [0.3, 0.4) is 0 Å². The molecule has 10 heteroatoms. The number of nitrogens with one attached hydrogen (secondary N) is 2. The van der Waals surface area contributed by atoms with Gasteiger partial charge in [-0.2, -0.15) is 0 Å². The molecule has 1 aromatic heterocycles. The lowest BCUT2D eigenvalue weighted by Gasteiger charge is -2.33. The zero-order valence-electron chi connectivity index (χ0n) is 20.1. The molecular formula is C23H38FIN6O2. The van der Waals surface area contributed by atoms with Crippen LogP contribution in [-0.4, -0.2) is 72.8 Å². The van der Waals surface area contributed by atoms with Gasteiger partial charge in [0, 0.05) is 51.5 Å². The molecule has 8 nitrogen and oxygen atoms in total. The molecule has 0 aliphatic carbocycles. The van der Waals surface area contributed by atoms with Gasteiger partial charge in [0.05, 0.1) is 0 Å². The number of anilines is 1. The highest BCUT2D eigenvalue weighted by molar-refractivity contribution is 14.0. The summed E-state index contributed by atoms with van der Waals surface area (Å²) in [4.78, 5) is 25.0. The van der Waals surface area contributed by atoms with E-state index in [2.05, 4.69) is 15.6 Å². The minimum absolute atomic E-state index is 0. The fraction of sp³-hybridized carbons (Fsp3) is 0.696. The standard InChI is InChI=1S/C23H37FN6O2.HI/c1-5-25-21(28-18-10-14-30(16-18)20-19(24)7-6-11-26-20)27-15-17-8-12-29(13-9-17)22(31)32-23(2,3)4;/h6-7,11,17-18H,5,8-10,12-16H2,1-4H3,(H2,25,27,28);1H. The third-order valence-corrected chi connectivity index (χ3v) is 5.69. The maximum absolute atomic E-state index is 14.0. The number of aromatic nitrogens is 1. The second-order valence-corrected chi connectivity index (χ2v) is 9.52. The Balaban J connectivity index is 0.00000385. The van der Waals surface area contributed by atoms with E-state index in [1.54, 1.807) is 17.2 Å². The number of hydrogen-bond donors (Lipinski definition) is 2. The number of halogens is 2. The van der Waals surface area contributed by atoms with Gasteiger partial charge in [-0.15, -0.1) is 24.0 Å². The number of ether oxygens (including phenoxy) is 1. The molecule has 3 rings (SSSR count). The van der Waals surface area contributed by atoms with Crippen LogP contribution < -0.4 is 15.5 Å². The quantitative estimate of drug-likeness (QED) is 0.317. The first-order valence-electron chi connectivity index (χ1n) is 11.6. The van der Waals surface area contributed by atoms with Gasteiger partial charge < -0.3 is 25.2 Å². The average molecular weight is 576 g/mol. The zero-order valence-corrected chi connectivity index (χ0v) is 22.5. The van der Waals surface area contributed by atoms with Gasteiger partial charge >= 0.3 is 6.09 Å². The summed E-state index contributed by atoms with van der Waals surface area (Å²) in [6.07, 6.45) is 4.12. The first-order chi connectivity index (χ1) is 15.2. The van der Waals surface area contributed by atoms with Crippen LogP contribution in [0.25, 0.3) is 0 Å². The molecule has 2 fully saturated rings. The highest BCUT2D eigenvalue weighted by atomic mass is 127. The van der Waals surface area contributed by atoms with Gasteiger partial charge in [0.15, 0.2) is 17.6 Å². The predicted octanol–water partition coefficient (Wildman–Crippen LogP) is 3.62. The van der Waals surface area contributed by atoms with E-state index >= 15 is 0 Å². The monoisotopic (exact) mass is 576 g/mol. The van der Waals surface area contributed by atoms with Crippen LogP contribution in [0.15, 0.2) is 23.3 Å². The number of nitrogens with zero attached hydrogens (tertiary/aromatic N) is 4. The lowest BCUT2D eigenvalue weighted by Crippen LogP contribution is -2.45. The number of likely N-dealkylation sites (tertiary alicyclic amines) is 1. The molecule has 3 heterocycles. The number of rotatable bonds is 5. The first kappa shape index (κ1) is 27.4. The maximum atomic E-state index is 14.0. The van der Waals surface area contributed by atoms with Crippen molar-refractivity contribution in [3.05, 3.63) is 24.1 Å². The van der Waals surface area contributed by atoms with Gasteiger partial charge in [0.25, 0.3) is 0 Å². The van der Waals surface area contributed by atoms with Crippen molar-refractivity contribution in [3.63, 3.8) is 0 Å². The average Bonchev–Trinajstić information content (AvgIpc) is 3.20. The maximum Gasteiger partial charge on any atom is 0.410 e. The van der Waals surface area contributed by atoms with Gasteiger partial charge in [0.1, 0.15) is 5.60 Å². The van der Waals surface area contributed by atoms with Crippen LogP contribution in [0.4, 0.5) is 15.0 Å². The van der Waals surface area contributed by atoms with Gasteiger partial charge in [-0.1, -0.05) is 0 Å². The van der Waals surface area contributed by atoms with Crippen molar-refractivity contribution in [2.45, 2.75) is 58.6 Å². The van der Waals surface area contributed by atoms with Gasteiger partial charge in [-0.3, -0.25) is 4.99 Å². The number of guanidine groups is 1. The summed E-state index contributed by atoms with van der Waals surface area (Å²) in [7, 11) is 0. The molecule has 0 radical (unpaired) electrons. The van der Waals surface area contributed by atoms with E-state index in [1.807, 2.05) is 32.6 Å². The molecule has 33 heavy (non-hydrogen) atoms. The molecular weight excluding hydrogens is 538 g/mol. The Bertz CT molecular complexity index is 795. The van der Waals surface area contributed by atoms with E-state index in [0.29, 0.717) is 37.9 Å². The Labute approximate surface area is 213 Å². The van der Waals surface area contributed by atoms with Crippen molar-refractivity contribution >= 4 is 41.8 Å². The topological polar surface area (TPSA) is 82.1 Å². The van der Waals surface area contributed by atoms with E-state index in [9.17, 15) is 9.18 Å². The molecule has 2 N–H and O–H groups in total. The van der Waals surface area contributed by atoms with Crippen LogP contribution in [-0.2, 0) is 4.74 Å². The van der Waals surface area contributed by atoms with Crippen molar-refractivity contribution in [1.29, 1.82) is 0 Å². The number of aliphatic imine (C=N–C) groups is 1. The minimum Gasteiger partial charge on any atom is -0.444 e.